The first kappa shape index (κ1) is 17.4. The quantitative estimate of drug-likeness (QED) is 0.740. The van der Waals surface area contributed by atoms with E-state index in [1.165, 1.54) is 6.92 Å². The van der Waals surface area contributed by atoms with Gasteiger partial charge in [0.1, 0.15) is 11.5 Å². The van der Waals surface area contributed by atoms with E-state index in [1.54, 1.807) is 0 Å². The van der Waals surface area contributed by atoms with Crippen LogP contribution in [0.2, 0.25) is 5.02 Å². The number of carboxylic acids is 1. The van der Waals surface area contributed by atoms with Crippen LogP contribution in [0.5, 0.6) is 0 Å². The molecule has 10 heteroatoms. The second-order valence-corrected chi connectivity index (χ2v) is 5.61. The number of carbonyl (C=O) groups is 1. The Morgan fingerprint density at radius 1 is 1.48 bits per heavy atom. The number of rotatable bonds is 5. The van der Waals surface area contributed by atoms with Crippen molar-refractivity contribution in [2.45, 2.75) is 25.5 Å². The molecule has 0 aliphatic rings. The van der Waals surface area contributed by atoms with Crippen molar-refractivity contribution in [1.29, 1.82) is 0 Å². The standard InChI is InChI=1S/C13H11Cl2F2N3O3/c1-6-18-20(13(23)19(6)5-16)11-3-7(2-9(15)12(21)22)8(14)4-10(11)17/h3-4,9H,2,5H2,1H3,(H,21,22)/p-1. The normalized spacial score (nSPS) is 12.4. The maximum atomic E-state index is 14.1. The van der Waals surface area contributed by atoms with Crippen LogP contribution in [-0.2, 0) is 18.0 Å². The summed E-state index contributed by atoms with van der Waals surface area (Å²) in [6, 6.07) is 2.05. The summed E-state index contributed by atoms with van der Waals surface area (Å²) in [5.74, 6) is -2.33. The Kier molecular flexibility index (Phi) is 5.06. The minimum absolute atomic E-state index is 0.0540. The van der Waals surface area contributed by atoms with Crippen molar-refractivity contribution >= 4 is 29.2 Å². The third-order valence-electron chi connectivity index (χ3n) is 3.17. The fraction of sp³-hybridized carbons (Fsp3) is 0.308. The fourth-order valence-corrected chi connectivity index (χ4v) is 2.36. The number of aliphatic carboxylic acids is 1. The average Bonchev–Trinajstić information content (AvgIpc) is 2.75. The fourth-order valence-electron chi connectivity index (χ4n) is 1.96. The molecule has 0 aliphatic carbocycles. The SMILES string of the molecule is Cc1nn(-c2cc(CC(Cl)C(=O)[O-])c(Cl)cc2F)c(=O)n1CF. The van der Waals surface area contributed by atoms with Gasteiger partial charge in [-0.2, -0.15) is 9.78 Å². The summed E-state index contributed by atoms with van der Waals surface area (Å²) in [4.78, 5) is 22.7. The lowest BCUT2D eigenvalue weighted by Crippen LogP contribution is -2.33. The Labute approximate surface area is 138 Å². The number of hydrogen-bond acceptors (Lipinski definition) is 4. The number of carboxylic acid groups (broad SMARTS) is 1. The Balaban J connectivity index is 2.56. The second-order valence-electron chi connectivity index (χ2n) is 4.67. The maximum absolute atomic E-state index is 14.1. The highest BCUT2D eigenvalue weighted by atomic mass is 35.5. The van der Waals surface area contributed by atoms with Crippen molar-refractivity contribution in [3.8, 4) is 5.69 Å². The van der Waals surface area contributed by atoms with E-state index in [-0.39, 0.29) is 28.5 Å². The molecule has 0 amide bonds. The van der Waals surface area contributed by atoms with Gasteiger partial charge in [-0.1, -0.05) is 11.6 Å². The topological polar surface area (TPSA) is 80.0 Å². The lowest BCUT2D eigenvalue weighted by atomic mass is 10.1. The van der Waals surface area contributed by atoms with Crippen LogP contribution in [0.15, 0.2) is 16.9 Å². The van der Waals surface area contributed by atoms with E-state index in [4.69, 9.17) is 23.2 Å². The number of aryl methyl sites for hydroxylation is 1. The van der Waals surface area contributed by atoms with E-state index in [0.717, 1.165) is 12.1 Å². The number of nitrogens with zero attached hydrogens (tertiary/aromatic N) is 3. The summed E-state index contributed by atoms with van der Waals surface area (Å²) in [7, 11) is 0. The number of aromatic nitrogens is 3. The van der Waals surface area contributed by atoms with Gasteiger partial charge in [-0.05, 0) is 31.0 Å². The van der Waals surface area contributed by atoms with Crippen molar-refractivity contribution in [2.24, 2.45) is 0 Å². The Morgan fingerprint density at radius 2 is 2.13 bits per heavy atom. The number of hydrogen-bond donors (Lipinski definition) is 0. The van der Waals surface area contributed by atoms with Crippen LogP contribution >= 0.6 is 23.2 Å². The van der Waals surface area contributed by atoms with E-state index >= 15 is 0 Å². The molecule has 0 saturated carbocycles. The molecule has 0 radical (unpaired) electrons. The molecule has 1 heterocycles. The molecule has 23 heavy (non-hydrogen) atoms. The highest BCUT2D eigenvalue weighted by molar-refractivity contribution is 6.32. The first-order chi connectivity index (χ1) is 10.8. The van der Waals surface area contributed by atoms with E-state index in [1.807, 2.05) is 0 Å². The first-order valence-electron chi connectivity index (χ1n) is 6.32. The van der Waals surface area contributed by atoms with Crippen molar-refractivity contribution in [3.63, 3.8) is 0 Å². The summed E-state index contributed by atoms with van der Waals surface area (Å²) in [5, 5.41) is 13.0. The van der Waals surface area contributed by atoms with Crippen LogP contribution in [0.4, 0.5) is 8.78 Å². The molecule has 0 N–H and O–H groups in total. The first-order valence-corrected chi connectivity index (χ1v) is 7.13. The summed E-state index contributed by atoms with van der Waals surface area (Å²) in [6.07, 6.45) is -0.243. The lowest BCUT2D eigenvalue weighted by molar-refractivity contribution is -0.305. The summed E-state index contributed by atoms with van der Waals surface area (Å²) in [5.41, 5.74) is -0.974. The zero-order valence-electron chi connectivity index (χ0n) is 11.7. The third-order valence-corrected chi connectivity index (χ3v) is 3.85. The third kappa shape index (κ3) is 3.37. The molecule has 124 valence electrons. The van der Waals surface area contributed by atoms with Gasteiger partial charge in [-0.15, -0.1) is 11.6 Å². The van der Waals surface area contributed by atoms with Gasteiger partial charge in [0, 0.05) is 5.02 Å². The van der Waals surface area contributed by atoms with Crippen LogP contribution in [0.3, 0.4) is 0 Å². The van der Waals surface area contributed by atoms with Crippen molar-refractivity contribution < 1.29 is 18.7 Å². The highest BCUT2D eigenvalue weighted by Gasteiger charge is 2.18. The molecule has 1 unspecified atom stereocenters. The molecule has 1 atom stereocenters. The molecule has 6 nitrogen and oxygen atoms in total. The second kappa shape index (κ2) is 6.67. The van der Waals surface area contributed by atoms with Crippen LogP contribution in [0.25, 0.3) is 5.69 Å². The number of alkyl halides is 2. The van der Waals surface area contributed by atoms with Gasteiger partial charge in [0.15, 0.2) is 12.6 Å². The lowest BCUT2D eigenvalue weighted by Gasteiger charge is -2.13. The van der Waals surface area contributed by atoms with Gasteiger partial charge in [0.05, 0.1) is 11.3 Å². The predicted molar refractivity (Wildman–Crippen MR) is 77.0 cm³/mol. The Hall–Kier alpha value is -1.93. The largest absolute Gasteiger partial charge is 0.549 e. The summed E-state index contributed by atoms with van der Waals surface area (Å²) >= 11 is 11.4. The van der Waals surface area contributed by atoms with Gasteiger partial charge in [0.2, 0.25) is 0 Å². The van der Waals surface area contributed by atoms with E-state index in [2.05, 4.69) is 5.10 Å². The minimum Gasteiger partial charge on any atom is -0.549 e. The Bertz CT molecular complexity index is 820. The highest BCUT2D eigenvalue weighted by Crippen LogP contribution is 2.24. The molecule has 0 bridgehead atoms. The Morgan fingerprint density at radius 3 is 2.65 bits per heavy atom. The molecule has 0 fully saturated rings. The maximum Gasteiger partial charge on any atom is 0.353 e. The monoisotopic (exact) mass is 364 g/mol. The van der Waals surface area contributed by atoms with Gasteiger partial charge < -0.3 is 9.90 Å². The molecule has 2 aromatic rings. The summed E-state index contributed by atoms with van der Waals surface area (Å²) < 4.78 is 28.3. The van der Waals surface area contributed by atoms with Crippen LogP contribution < -0.4 is 10.8 Å². The molecule has 0 spiro atoms. The zero-order valence-corrected chi connectivity index (χ0v) is 13.2. The molecule has 2 rings (SSSR count). The van der Waals surface area contributed by atoms with E-state index in [0.29, 0.717) is 9.25 Å². The van der Waals surface area contributed by atoms with Gasteiger partial charge in [-0.3, -0.25) is 0 Å². The van der Waals surface area contributed by atoms with E-state index < -0.39 is 29.7 Å². The number of benzene rings is 1. The number of halogens is 4. The molecule has 1 aromatic heterocycles. The summed E-state index contributed by atoms with van der Waals surface area (Å²) in [6.45, 7) is 0.276. The minimum atomic E-state index is -1.51. The molecular formula is C13H10Cl2F2N3O3-. The zero-order chi connectivity index (χ0) is 17.3. The molecule has 1 aromatic carbocycles. The van der Waals surface area contributed by atoms with Crippen LogP contribution in [-0.4, -0.2) is 25.7 Å². The van der Waals surface area contributed by atoms with Gasteiger partial charge in [-0.25, -0.2) is 18.1 Å². The van der Waals surface area contributed by atoms with Crippen molar-refractivity contribution in [3.05, 3.63) is 44.8 Å². The number of carbonyl (C=O) groups excluding carboxylic acids is 1. The van der Waals surface area contributed by atoms with Crippen molar-refractivity contribution in [2.75, 3.05) is 0 Å². The van der Waals surface area contributed by atoms with E-state index in [9.17, 15) is 23.5 Å². The molecular weight excluding hydrogens is 355 g/mol. The van der Waals surface area contributed by atoms with Gasteiger partial charge >= 0.3 is 5.69 Å². The molecule has 0 saturated heterocycles. The van der Waals surface area contributed by atoms with Crippen LogP contribution in [0, 0.1) is 12.7 Å². The smallest absolute Gasteiger partial charge is 0.353 e. The predicted octanol–water partition coefficient (Wildman–Crippen LogP) is 0.962. The van der Waals surface area contributed by atoms with Crippen molar-refractivity contribution in [1.82, 2.24) is 14.3 Å². The average molecular weight is 365 g/mol. The van der Waals surface area contributed by atoms with Gasteiger partial charge in [0.25, 0.3) is 0 Å². The molecule has 0 aliphatic heterocycles. The van der Waals surface area contributed by atoms with Crippen LogP contribution in [0.1, 0.15) is 11.4 Å².